The van der Waals surface area contributed by atoms with Gasteiger partial charge in [-0.05, 0) is 45.4 Å². The van der Waals surface area contributed by atoms with Crippen LogP contribution in [-0.4, -0.2) is 48.0 Å². The molecule has 0 amide bonds. The summed E-state index contributed by atoms with van der Waals surface area (Å²) in [6.45, 7) is 1.71. The fraction of sp³-hybridized carbons (Fsp3) is 0.889. The third-order valence-corrected chi connectivity index (χ3v) is 6.71. The topological polar surface area (TPSA) is 107 Å². The second-order valence-electron chi connectivity index (χ2n) is 8.32. The lowest BCUT2D eigenvalue weighted by molar-refractivity contribution is -0.261. The molecular formula is C18H25F5O7S. The molecule has 2 saturated carbocycles. The number of esters is 2. The Labute approximate surface area is 176 Å². The van der Waals surface area contributed by atoms with Gasteiger partial charge in [-0.15, -0.1) is 0 Å². The number of ether oxygens (including phenoxy) is 2. The van der Waals surface area contributed by atoms with Crippen molar-refractivity contribution in [3.8, 4) is 0 Å². The van der Waals surface area contributed by atoms with Gasteiger partial charge in [0.05, 0.1) is 11.8 Å². The van der Waals surface area contributed by atoms with Crippen molar-refractivity contribution >= 4 is 22.1 Å². The lowest BCUT2D eigenvalue weighted by atomic mass is 9.78. The maximum Gasteiger partial charge on any atom is 0.432 e. The zero-order valence-electron chi connectivity index (χ0n) is 16.8. The fourth-order valence-electron chi connectivity index (χ4n) is 4.08. The summed E-state index contributed by atoms with van der Waals surface area (Å²) in [5.74, 6) is -5.32. The van der Waals surface area contributed by atoms with Gasteiger partial charge in [0, 0.05) is 0 Å². The standard InChI is InChI=1S/C18H25F5O7S/c1-16(9-5-2-6-10-16)30-14(25)12-8-4-3-7-11(12)13(24)29-15(17(19,20)21)18(22,23)31(26,27)28/h11-12,15H,2-10H2,1H3,(H,26,27,28). The van der Waals surface area contributed by atoms with E-state index in [0.717, 1.165) is 19.3 Å². The first kappa shape index (κ1) is 25.8. The minimum absolute atomic E-state index is 0.0834. The summed E-state index contributed by atoms with van der Waals surface area (Å²) < 4.78 is 106. The number of carbonyl (C=O) groups excluding carboxylic acids is 2. The van der Waals surface area contributed by atoms with Gasteiger partial charge in [0.15, 0.2) is 0 Å². The molecule has 0 aliphatic heterocycles. The lowest BCUT2D eigenvalue weighted by Gasteiger charge is -2.37. The van der Waals surface area contributed by atoms with Crippen molar-refractivity contribution in [1.82, 2.24) is 0 Å². The monoisotopic (exact) mass is 480 g/mol. The van der Waals surface area contributed by atoms with E-state index < -0.39 is 57.0 Å². The summed E-state index contributed by atoms with van der Waals surface area (Å²) in [5.41, 5.74) is -0.784. The van der Waals surface area contributed by atoms with E-state index in [9.17, 15) is 40.0 Å². The van der Waals surface area contributed by atoms with E-state index in [2.05, 4.69) is 4.74 Å². The van der Waals surface area contributed by atoms with Gasteiger partial charge in [-0.3, -0.25) is 14.1 Å². The molecule has 0 bridgehead atoms. The maximum atomic E-state index is 13.7. The van der Waals surface area contributed by atoms with Crippen molar-refractivity contribution in [2.24, 2.45) is 11.8 Å². The molecule has 0 aromatic rings. The first-order chi connectivity index (χ1) is 14.1. The van der Waals surface area contributed by atoms with Crippen molar-refractivity contribution in [3.05, 3.63) is 0 Å². The van der Waals surface area contributed by atoms with Crippen molar-refractivity contribution < 1.29 is 54.0 Å². The van der Waals surface area contributed by atoms with Crippen LogP contribution in [0.25, 0.3) is 0 Å². The Balaban J connectivity index is 2.21. The maximum absolute atomic E-state index is 13.7. The van der Waals surface area contributed by atoms with Gasteiger partial charge in [-0.25, -0.2) is 0 Å². The second kappa shape index (κ2) is 9.16. The van der Waals surface area contributed by atoms with Gasteiger partial charge >= 0.3 is 33.5 Å². The summed E-state index contributed by atoms with van der Waals surface area (Å²) in [6, 6.07) is 0. The van der Waals surface area contributed by atoms with Crippen molar-refractivity contribution in [2.75, 3.05) is 0 Å². The van der Waals surface area contributed by atoms with E-state index in [0.29, 0.717) is 25.7 Å². The SMILES string of the molecule is CC1(OC(=O)C2CCCCC2C(=O)OC(C(F)(F)F)C(F)(F)S(=O)(=O)O)CCCCC1. The molecule has 31 heavy (non-hydrogen) atoms. The largest absolute Gasteiger partial charge is 0.459 e. The second-order valence-corrected chi connectivity index (χ2v) is 9.82. The molecule has 2 rings (SSSR count). The first-order valence-corrected chi connectivity index (χ1v) is 11.4. The minimum atomic E-state index is -6.54. The molecular weight excluding hydrogens is 455 g/mol. The normalized spacial score (nSPS) is 26.0. The lowest BCUT2D eigenvalue weighted by Crippen LogP contribution is -2.53. The average molecular weight is 480 g/mol. The fourth-order valence-corrected chi connectivity index (χ4v) is 4.53. The highest BCUT2D eigenvalue weighted by Gasteiger charge is 2.66. The number of hydrogen-bond donors (Lipinski definition) is 1. The van der Waals surface area contributed by atoms with Crippen LogP contribution in [0.2, 0.25) is 0 Å². The zero-order chi connectivity index (χ0) is 23.7. The Bertz CT molecular complexity index is 775. The van der Waals surface area contributed by atoms with Gasteiger partial charge in [0.25, 0.3) is 6.10 Å². The molecule has 0 aromatic carbocycles. The highest BCUT2D eigenvalue weighted by Crippen LogP contribution is 2.41. The first-order valence-electron chi connectivity index (χ1n) is 9.93. The van der Waals surface area contributed by atoms with E-state index in [1.165, 1.54) is 0 Å². The molecule has 0 saturated heterocycles. The molecule has 1 N–H and O–H groups in total. The van der Waals surface area contributed by atoms with Gasteiger partial charge in [0.2, 0.25) is 0 Å². The minimum Gasteiger partial charge on any atom is -0.459 e. The van der Waals surface area contributed by atoms with E-state index in [1.54, 1.807) is 6.92 Å². The van der Waals surface area contributed by atoms with Gasteiger partial charge in [-0.2, -0.15) is 30.4 Å². The Hall–Kier alpha value is -1.50. The van der Waals surface area contributed by atoms with E-state index in [4.69, 9.17) is 9.29 Å². The van der Waals surface area contributed by atoms with Crippen LogP contribution >= 0.6 is 0 Å². The molecule has 0 aromatic heterocycles. The molecule has 2 fully saturated rings. The van der Waals surface area contributed by atoms with Crippen LogP contribution in [0.15, 0.2) is 0 Å². The number of carbonyl (C=O) groups is 2. The Morgan fingerprint density at radius 3 is 1.87 bits per heavy atom. The third-order valence-electron chi connectivity index (χ3n) is 5.81. The molecule has 2 aliphatic carbocycles. The van der Waals surface area contributed by atoms with Crippen molar-refractivity contribution in [3.63, 3.8) is 0 Å². The molecule has 2 aliphatic rings. The number of halogens is 5. The number of alkyl halides is 5. The summed E-state index contributed by atoms with van der Waals surface area (Å²) in [5, 5.41) is -5.82. The Kier molecular flexibility index (Phi) is 7.61. The summed E-state index contributed by atoms with van der Waals surface area (Å²) in [6.07, 6.45) is -5.89. The molecule has 3 atom stereocenters. The van der Waals surface area contributed by atoms with E-state index in [-0.39, 0.29) is 12.8 Å². The predicted molar refractivity (Wildman–Crippen MR) is 95.5 cm³/mol. The van der Waals surface area contributed by atoms with Gasteiger partial charge in [0.1, 0.15) is 5.60 Å². The zero-order valence-corrected chi connectivity index (χ0v) is 17.6. The molecule has 0 radical (unpaired) electrons. The molecule has 0 spiro atoms. The van der Waals surface area contributed by atoms with Crippen LogP contribution < -0.4 is 0 Å². The molecule has 7 nitrogen and oxygen atoms in total. The smallest absolute Gasteiger partial charge is 0.432 e. The molecule has 3 unspecified atom stereocenters. The van der Waals surface area contributed by atoms with Crippen LogP contribution in [-0.2, 0) is 29.2 Å². The summed E-state index contributed by atoms with van der Waals surface area (Å²) in [7, 11) is -6.54. The molecule has 180 valence electrons. The van der Waals surface area contributed by atoms with Gasteiger partial charge < -0.3 is 9.47 Å². The number of rotatable bonds is 6. The Morgan fingerprint density at radius 2 is 1.42 bits per heavy atom. The van der Waals surface area contributed by atoms with E-state index >= 15 is 0 Å². The summed E-state index contributed by atoms with van der Waals surface area (Å²) in [4.78, 5) is 25.1. The number of hydrogen-bond acceptors (Lipinski definition) is 6. The Morgan fingerprint density at radius 1 is 0.935 bits per heavy atom. The predicted octanol–water partition coefficient (Wildman–Crippen LogP) is 4.01. The average Bonchev–Trinajstić information content (AvgIpc) is 2.64. The van der Waals surface area contributed by atoms with Crippen LogP contribution in [0, 0.1) is 11.8 Å². The van der Waals surface area contributed by atoms with Crippen molar-refractivity contribution in [1.29, 1.82) is 0 Å². The quantitative estimate of drug-likeness (QED) is 0.348. The van der Waals surface area contributed by atoms with E-state index in [1.807, 2.05) is 0 Å². The van der Waals surface area contributed by atoms with Crippen LogP contribution in [0.3, 0.4) is 0 Å². The third kappa shape index (κ3) is 6.05. The molecule has 13 heteroatoms. The van der Waals surface area contributed by atoms with Crippen LogP contribution in [0.5, 0.6) is 0 Å². The molecule has 0 heterocycles. The van der Waals surface area contributed by atoms with Crippen LogP contribution in [0.1, 0.15) is 64.7 Å². The summed E-state index contributed by atoms with van der Waals surface area (Å²) >= 11 is 0. The van der Waals surface area contributed by atoms with Crippen LogP contribution in [0.4, 0.5) is 22.0 Å². The van der Waals surface area contributed by atoms with Gasteiger partial charge in [-0.1, -0.05) is 19.3 Å². The highest BCUT2D eigenvalue weighted by atomic mass is 32.2. The highest BCUT2D eigenvalue weighted by molar-refractivity contribution is 7.86. The van der Waals surface area contributed by atoms with Crippen molar-refractivity contribution in [2.45, 2.75) is 87.8 Å².